The van der Waals surface area contributed by atoms with Crippen molar-refractivity contribution >= 4 is 35.4 Å². The second kappa shape index (κ2) is 8.47. The first-order valence-corrected chi connectivity index (χ1v) is 9.09. The monoisotopic (exact) mass is 402 g/mol. The van der Waals surface area contributed by atoms with E-state index in [1.807, 2.05) is 43.3 Å². The van der Waals surface area contributed by atoms with Crippen LogP contribution in [-0.2, 0) is 11.5 Å². The van der Waals surface area contributed by atoms with Gasteiger partial charge in [0.1, 0.15) is 0 Å². The molecule has 0 aliphatic heterocycles. The first-order valence-electron chi connectivity index (χ1n) is 8.31. The average molecular weight is 403 g/mol. The number of aryl methyl sites for hydroxylation is 1. The summed E-state index contributed by atoms with van der Waals surface area (Å²) in [5.74, 6) is 0.284. The third-order valence-corrected chi connectivity index (χ3v) is 4.54. The predicted molar refractivity (Wildman–Crippen MR) is 108 cm³/mol. The van der Waals surface area contributed by atoms with Crippen molar-refractivity contribution in [2.24, 2.45) is 0 Å². The molecule has 0 saturated heterocycles. The molecule has 0 bridgehead atoms. The molecule has 0 saturated carbocycles. The minimum atomic E-state index is -0.181. The fraction of sp³-hybridized carbons (Fsp3) is 0.211. The van der Waals surface area contributed by atoms with Crippen LogP contribution in [0.2, 0.25) is 5.02 Å². The second-order valence-corrected chi connectivity index (χ2v) is 6.93. The van der Waals surface area contributed by atoms with E-state index in [9.17, 15) is 4.79 Å². The molecule has 27 heavy (non-hydrogen) atoms. The van der Waals surface area contributed by atoms with E-state index in [0.717, 1.165) is 11.1 Å². The van der Waals surface area contributed by atoms with Gasteiger partial charge in [-0.05, 0) is 50.0 Å². The van der Waals surface area contributed by atoms with E-state index in [0.29, 0.717) is 23.3 Å². The quantitative estimate of drug-likeness (QED) is 0.620. The van der Waals surface area contributed by atoms with Crippen molar-refractivity contribution in [3.05, 3.63) is 64.0 Å². The molecular weight excluding hydrogens is 384 g/mol. The summed E-state index contributed by atoms with van der Waals surface area (Å²) < 4.78 is 7.18. The number of rotatable bonds is 6. The number of carbonyl (C=O) groups is 1. The Labute approximate surface area is 167 Å². The summed E-state index contributed by atoms with van der Waals surface area (Å²) in [5, 5.41) is 7.72. The van der Waals surface area contributed by atoms with Gasteiger partial charge in [0.25, 0.3) is 4.84 Å². The zero-order valence-corrected chi connectivity index (χ0v) is 16.5. The second-order valence-electron chi connectivity index (χ2n) is 6.17. The predicted octanol–water partition coefficient (Wildman–Crippen LogP) is 4.36. The minimum Gasteiger partial charge on any atom is -0.409 e. The molecule has 0 spiro atoms. The van der Waals surface area contributed by atoms with Crippen molar-refractivity contribution in [3.63, 3.8) is 0 Å². The highest BCUT2D eigenvalue weighted by Crippen LogP contribution is 2.22. The van der Waals surface area contributed by atoms with Gasteiger partial charge in [0.05, 0.1) is 23.9 Å². The molecule has 2 aromatic carbocycles. The molecular formula is C19H19ClN4O2S. The van der Waals surface area contributed by atoms with Crippen LogP contribution in [0.3, 0.4) is 0 Å². The molecule has 1 heterocycles. The number of carbonyl (C=O) groups excluding carboxylic acids is 1. The van der Waals surface area contributed by atoms with Gasteiger partial charge >= 0.3 is 0 Å². The average Bonchev–Trinajstić information content (AvgIpc) is 2.97. The molecule has 0 radical (unpaired) electrons. The molecule has 0 atom stereocenters. The number of anilines is 1. The lowest BCUT2D eigenvalue weighted by atomic mass is 10.1. The van der Waals surface area contributed by atoms with Gasteiger partial charge in [-0.2, -0.15) is 0 Å². The number of hydrogen-bond donors (Lipinski definition) is 1. The van der Waals surface area contributed by atoms with Crippen molar-refractivity contribution in [1.82, 2.24) is 14.7 Å². The van der Waals surface area contributed by atoms with Gasteiger partial charge in [0.2, 0.25) is 11.8 Å². The lowest BCUT2D eigenvalue weighted by molar-refractivity contribution is -0.117. The molecule has 0 aliphatic rings. The molecule has 6 nitrogen and oxygen atoms in total. The highest BCUT2D eigenvalue weighted by molar-refractivity contribution is 7.71. The van der Waals surface area contributed by atoms with E-state index >= 15 is 0 Å². The van der Waals surface area contributed by atoms with Crippen LogP contribution in [0.4, 0.5) is 5.69 Å². The van der Waals surface area contributed by atoms with E-state index in [4.69, 9.17) is 28.2 Å². The van der Waals surface area contributed by atoms with Gasteiger partial charge in [0, 0.05) is 5.56 Å². The summed E-state index contributed by atoms with van der Waals surface area (Å²) in [7, 11) is 1.80. The highest BCUT2D eigenvalue weighted by atomic mass is 35.5. The summed E-state index contributed by atoms with van der Waals surface area (Å²) >= 11 is 11.3. The van der Waals surface area contributed by atoms with Crippen LogP contribution >= 0.6 is 23.8 Å². The zero-order chi connectivity index (χ0) is 19.4. The van der Waals surface area contributed by atoms with Crippen LogP contribution < -0.4 is 5.32 Å². The molecule has 1 aromatic heterocycles. The van der Waals surface area contributed by atoms with Gasteiger partial charge in [-0.3, -0.25) is 9.69 Å². The molecule has 0 aliphatic carbocycles. The van der Waals surface area contributed by atoms with Crippen molar-refractivity contribution in [2.45, 2.75) is 13.6 Å². The first kappa shape index (κ1) is 19.3. The normalized spacial score (nSPS) is 11.0. The number of nitrogens with one attached hydrogen (secondary N) is 1. The maximum atomic E-state index is 12.2. The Bertz CT molecular complexity index is 1010. The summed E-state index contributed by atoms with van der Waals surface area (Å²) in [5.41, 5.74) is 2.52. The first-order chi connectivity index (χ1) is 12.9. The SMILES string of the molecule is Cc1ccccc1-c1nn(CN(C)CC(=O)Nc2ccccc2Cl)c(=S)o1. The van der Waals surface area contributed by atoms with Crippen molar-refractivity contribution < 1.29 is 9.21 Å². The molecule has 3 rings (SSSR count). The molecule has 1 amide bonds. The number of nitrogens with zero attached hydrogens (tertiary/aromatic N) is 3. The van der Waals surface area contributed by atoms with Crippen LogP contribution in [-0.4, -0.2) is 34.2 Å². The Morgan fingerprint density at radius 3 is 2.70 bits per heavy atom. The summed E-state index contributed by atoms with van der Waals surface area (Å²) in [4.78, 5) is 14.3. The Morgan fingerprint density at radius 2 is 1.96 bits per heavy atom. The molecule has 0 unspecified atom stereocenters. The maximum Gasteiger partial charge on any atom is 0.288 e. The van der Waals surface area contributed by atoms with Gasteiger partial charge in [-0.1, -0.05) is 41.9 Å². The molecule has 140 valence electrons. The van der Waals surface area contributed by atoms with Gasteiger partial charge in [-0.25, -0.2) is 4.68 Å². The number of benzene rings is 2. The fourth-order valence-electron chi connectivity index (χ4n) is 2.59. The number of halogens is 1. The largest absolute Gasteiger partial charge is 0.409 e. The Balaban J connectivity index is 1.65. The van der Waals surface area contributed by atoms with E-state index in [-0.39, 0.29) is 17.3 Å². The standard InChI is InChI=1S/C19H19ClN4O2S/c1-13-7-3-4-8-14(13)18-22-24(19(27)26-18)12-23(2)11-17(25)21-16-10-6-5-9-15(16)20/h3-10H,11-12H2,1-2H3,(H,21,25). The van der Waals surface area contributed by atoms with E-state index in [1.165, 1.54) is 0 Å². The van der Waals surface area contributed by atoms with Crippen LogP contribution in [0.25, 0.3) is 11.5 Å². The number of para-hydroxylation sites is 1. The van der Waals surface area contributed by atoms with E-state index in [1.54, 1.807) is 28.8 Å². The third-order valence-electron chi connectivity index (χ3n) is 3.92. The number of aromatic nitrogens is 2. The number of likely N-dealkylation sites (N-methyl/N-ethyl adjacent to an activating group) is 1. The van der Waals surface area contributed by atoms with Crippen molar-refractivity contribution in [1.29, 1.82) is 0 Å². The summed E-state index contributed by atoms with van der Waals surface area (Å²) in [6, 6.07) is 14.9. The summed E-state index contributed by atoms with van der Waals surface area (Å²) in [6.45, 7) is 2.46. The van der Waals surface area contributed by atoms with Crippen LogP contribution in [0, 0.1) is 11.8 Å². The summed E-state index contributed by atoms with van der Waals surface area (Å²) in [6.07, 6.45) is 0. The molecule has 8 heteroatoms. The Kier molecular flexibility index (Phi) is 6.05. The molecule has 1 N–H and O–H groups in total. The van der Waals surface area contributed by atoms with Crippen molar-refractivity contribution in [2.75, 3.05) is 18.9 Å². The lowest BCUT2D eigenvalue weighted by Crippen LogP contribution is -2.32. The van der Waals surface area contributed by atoms with Gasteiger partial charge in [0.15, 0.2) is 0 Å². The van der Waals surface area contributed by atoms with Crippen LogP contribution in [0.5, 0.6) is 0 Å². The lowest BCUT2D eigenvalue weighted by Gasteiger charge is -2.16. The zero-order valence-electron chi connectivity index (χ0n) is 15.0. The number of amides is 1. The van der Waals surface area contributed by atoms with E-state index in [2.05, 4.69) is 10.4 Å². The van der Waals surface area contributed by atoms with E-state index < -0.39 is 0 Å². The van der Waals surface area contributed by atoms with Crippen molar-refractivity contribution in [3.8, 4) is 11.5 Å². The fourth-order valence-corrected chi connectivity index (χ4v) is 2.95. The Hall–Kier alpha value is -2.48. The smallest absolute Gasteiger partial charge is 0.288 e. The maximum absolute atomic E-state index is 12.2. The third kappa shape index (κ3) is 4.82. The molecule has 0 fully saturated rings. The Morgan fingerprint density at radius 1 is 1.26 bits per heavy atom. The van der Waals surface area contributed by atoms with Crippen LogP contribution in [0.1, 0.15) is 5.56 Å². The highest BCUT2D eigenvalue weighted by Gasteiger charge is 2.13. The van der Waals surface area contributed by atoms with Gasteiger partial charge in [-0.15, -0.1) is 5.10 Å². The topological polar surface area (TPSA) is 63.3 Å². The van der Waals surface area contributed by atoms with Crippen LogP contribution in [0.15, 0.2) is 52.9 Å². The number of hydrogen-bond acceptors (Lipinski definition) is 5. The minimum absolute atomic E-state index is 0.152. The van der Waals surface area contributed by atoms with Gasteiger partial charge < -0.3 is 9.73 Å². The molecule has 3 aromatic rings.